The Labute approximate surface area is 91.1 Å². The highest BCUT2D eigenvalue weighted by atomic mass is 19.1. The molecule has 0 radical (unpaired) electrons. The van der Waals surface area contributed by atoms with Gasteiger partial charge >= 0.3 is 5.97 Å². The Balaban J connectivity index is 2.17. The fourth-order valence-electron chi connectivity index (χ4n) is 2.41. The van der Waals surface area contributed by atoms with E-state index in [-0.39, 0.29) is 5.82 Å². The molecule has 0 fully saturated rings. The molecule has 0 spiro atoms. The van der Waals surface area contributed by atoms with Crippen molar-refractivity contribution in [3.8, 4) is 0 Å². The molecule has 4 heteroatoms. The van der Waals surface area contributed by atoms with Crippen LogP contribution in [0.25, 0.3) is 10.9 Å². The van der Waals surface area contributed by atoms with Gasteiger partial charge in [-0.3, -0.25) is 4.79 Å². The predicted octanol–water partition coefficient (Wildman–Crippen LogP) is 2.04. The van der Waals surface area contributed by atoms with E-state index in [0.29, 0.717) is 18.5 Å². The molecule has 0 aliphatic carbocycles. The second kappa shape index (κ2) is 3.07. The fourth-order valence-corrected chi connectivity index (χ4v) is 2.41. The molecule has 3 nitrogen and oxygen atoms in total. The Morgan fingerprint density at radius 2 is 2.31 bits per heavy atom. The number of nitrogens with zero attached hydrogens (tertiary/aromatic N) is 1. The molecule has 1 unspecified atom stereocenters. The summed E-state index contributed by atoms with van der Waals surface area (Å²) >= 11 is 0. The second-order valence-corrected chi connectivity index (χ2v) is 4.16. The molecule has 0 saturated carbocycles. The van der Waals surface area contributed by atoms with Gasteiger partial charge in [-0.25, -0.2) is 4.39 Å². The van der Waals surface area contributed by atoms with E-state index in [1.807, 2.05) is 12.1 Å². The zero-order valence-electron chi connectivity index (χ0n) is 8.48. The molecule has 1 aliphatic rings. The minimum Gasteiger partial charge on any atom is -0.481 e. The van der Waals surface area contributed by atoms with E-state index in [0.717, 1.165) is 11.1 Å². The average Bonchev–Trinajstić information content (AvgIpc) is 2.73. The summed E-state index contributed by atoms with van der Waals surface area (Å²) in [5.74, 6) is -1.51. The first-order chi connectivity index (χ1) is 7.66. The van der Waals surface area contributed by atoms with Crippen LogP contribution in [0.15, 0.2) is 24.3 Å². The van der Waals surface area contributed by atoms with Gasteiger partial charge in [0.2, 0.25) is 0 Å². The van der Waals surface area contributed by atoms with Gasteiger partial charge in [0, 0.05) is 24.0 Å². The van der Waals surface area contributed by atoms with Crippen molar-refractivity contribution in [2.24, 2.45) is 5.92 Å². The van der Waals surface area contributed by atoms with Crippen molar-refractivity contribution in [3.63, 3.8) is 0 Å². The Morgan fingerprint density at radius 3 is 3.06 bits per heavy atom. The molecule has 1 aromatic heterocycles. The lowest BCUT2D eigenvalue weighted by Crippen LogP contribution is -2.14. The van der Waals surface area contributed by atoms with Crippen molar-refractivity contribution in [2.45, 2.75) is 13.0 Å². The maximum atomic E-state index is 13.6. The van der Waals surface area contributed by atoms with Crippen LogP contribution in [-0.2, 0) is 17.8 Å². The van der Waals surface area contributed by atoms with Gasteiger partial charge in [0.05, 0.1) is 11.4 Å². The molecule has 82 valence electrons. The Kier molecular flexibility index (Phi) is 1.80. The normalized spacial score (nSPS) is 18.9. The molecule has 1 aliphatic heterocycles. The van der Waals surface area contributed by atoms with Gasteiger partial charge in [0.15, 0.2) is 0 Å². The molecule has 3 rings (SSSR count). The van der Waals surface area contributed by atoms with Crippen molar-refractivity contribution >= 4 is 16.9 Å². The van der Waals surface area contributed by atoms with E-state index in [9.17, 15) is 9.18 Å². The minimum atomic E-state index is -0.812. The SMILES string of the molecule is O=C(O)C1Cc2cc3cccc(F)c3n2C1. The highest BCUT2D eigenvalue weighted by Crippen LogP contribution is 2.30. The van der Waals surface area contributed by atoms with Crippen LogP contribution >= 0.6 is 0 Å². The highest BCUT2D eigenvalue weighted by molar-refractivity contribution is 5.83. The van der Waals surface area contributed by atoms with E-state index in [4.69, 9.17) is 5.11 Å². The monoisotopic (exact) mass is 219 g/mol. The van der Waals surface area contributed by atoms with Crippen LogP contribution in [0.2, 0.25) is 0 Å². The lowest BCUT2D eigenvalue weighted by atomic mass is 10.1. The van der Waals surface area contributed by atoms with Crippen molar-refractivity contribution in [3.05, 3.63) is 35.8 Å². The molecule has 0 bridgehead atoms. The van der Waals surface area contributed by atoms with Crippen LogP contribution in [0.4, 0.5) is 4.39 Å². The number of hydrogen-bond acceptors (Lipinski definition) is 1. The van der Waals surface area contributed by atoms with E-state index < -0.39 is 11.9 Å². The van der Waals surface area contributed by atoms with Crippen LogP contribution < -0.4 is 0 Å². The maximum Gasteiger partial charge on any atom is 0.308 e. The van der Waals surface area contributed by atoms with Crippen LogP contribution in [0.1, 0.15) is 5.69 Å². The van der Waals surface area contributed by atoms with E-state index in [1.54, 1.807) is 10.6 Å². The number of carbonyl (C=O) groups is 1. The van der Waals surface area contributed by atoms with Crippen molar-refractivity contribution in [2.75, 3.05) is 0 Å². The van der Waals surface area contributed by atoms with Gasteiger partial charge in [0.25, 0.3) is 0 Å². The second-order valence-electron chi connectivity index (χ2n) is 4.16. The third-order valence-electron chi connectivity index (χ3n) is 3.16. The summed E-state index contributed by atoms with van der Waals surface area (Å²) in [7, 11) is 0. The molecular formula is C12H10FNO2. The van der Waals surface area contributed by atoms with E-state index in [1.165, 1.54) is 6.07 Å². The Hall–Kier alpha value is -1.84. The summed E-state index contributed by atoms with van der Waals surface area (Å²) in [6, 6.07) is 6.80. The molecule has 2 aromatic rings. The molecular weight excluding hydrogens is 209 g/mol. The number of hydrogen-bond donors (Lipinski definition) is 1. The predicted molar refractivity (Wildman–Crippen MR) is 56.7 cm³/mol. The number of aliphatic carboxylic acids is 1. The van der Waals surface area contributed by atoms with Gasteiger partial charge in [0.1, 0.15) is 5.82 Å². The number of carboxylic acid groups (broad SMARTS) is 1. The lowest BCUT2D eigenvalue weighted by Gasteiger charge is -2.04. The summed E-state index contributed by atoms with van der Waals surface area (Å²) in [6.07, 6.45) is 0.490. The molecule has 16 heavy (non-hydrogen) atoms. The topological polar surface area (TPSA) is 42.2 Å². The first kappa shape index (κ1) is 9.39. The quantitative estimate of drug-likeness (QED) is 0.797. The van der Waals surface area contributed by atoms with Gasteiger partial charge in [-0.05, 0) is 12.1 Å². The zero-order valence-corrected chi connectivity index (χ0v) is 8.48. The number of fused-ring (bicyclic) bond motifs is 3. The zero-order chi connectivity index (χ0) is 11.3. The number of benzene rings is 1. The Morgan fingerprint density at radius 1 is 1.50 bits per heavy atom. The largest absolute Gasteiger partial charge is 0.481 e. The van der Waals surface area contributed by atoms with Crippen LogP contribution in [0, 0.1) is 11.7 Å². The molecule has 1 atom stereocenters. The molecule has 0 saturated heterocycles. The minimum absolute atomic E-state index is 0.283. The van der Waals surface area contributed by atoms with E-state index >= 15 is 0 Å². The van der Waals surface area contributed by atoms with Gasteiger partial charge in [-0.1, -0.05) is 12.1 Å². The van der Waals surface area contributed by atoms with Crippen LogP contribution in [0.5, 0.6) is 0 Å². The summed E-state index contributed by atoms with van der Waals surface area (Å²) < 4.78 is 15.4. The fraction of sp³-hybridized carbons (Fsp3) is 0.250. The molecule has 0 amide bonds. The van der Waals surface area contributed by atoms with Crippen LogP contribution in [0.3, 0.4) is 0 Å². The molecule has 2 heterocycles. The number of aromatic nitrogens is 1. The van der Waals surface area contributed by atoms with Crippen LogP contribution in [-0.4, -0.2) is 15.6 Å². The number of halogens is 1. The lowest BCUT2D eigenvalue weighted by molar-refractivity contribution is -0.141. The summed E-state index contributed by atoms with van der Waals surface area (Å²) in [6.45, 7) is 0.370. The molecule has 1 N–H and O–H groups in total. The smallest absolute Gasteiger partial charge is 0.308 e. The molecule has 1 aromatic carbocycles. The van der Waals surface area contributed by atoms with Gasteiger partial charge < -0.3 is 9.67 Å². The van der Waals surface area contributed by atoms with E-state index in [2.05, 4.69) is 0 Å². The third kappa shape index (κ3) is 1.16. The third-order valence-corrected chi connectivity index (χ3v) is 3.16. The maximum absolute atomic E-state index is 13.6. The standard InChI is InChI=1S/C12H10FNO2/c13-10-3-1-2-7-4-9-5-8(12(15)16)6-14(9)11(7)10/h1-4,8H,5-6H2,(H,15,16). The Bertz CT molecular complexity index is 588. The average molecular weight is 219 g/mol. The summed E-state index contributed by atoms with van der Waals surface area (Å²) in [5.41, 5.74) is 1.44. The number of para-hydroxylation sites is 1. The summed E-state index contributed by atoms with van der Waals surface area (Å²) in [4.78, 5) is 10.9. The number of rotatable bonds is 1. The van der Waals surface area contributed by atoms with Crippen molar-refractivity contribution in [1.29, 1.82) is 0 Å². The first-order valence-electron chi connectivity index (χ1n) is 5.16. The van der Waals surface area contributed by atoms with Crippen molar-refractivity contribution < 1.29 is 14.3 Å². The van der Waals surface area contributed by atoms with Gasteiger partial charge in [-0.2, -0.15) is 0 Å². The number of carboxylic acids is 1. The van der Waals surface area contributed by atoms with Crippen molar-refractivity contribution in [1.82, 2.24) is 4.57 Å². The highest BCUT2D eigenvalue weighted by Gasteiger charge is 2.29. The van der Waals surface area contributed by atoms with Gasteiger partial charge in [-0.15, -0.1) is 0 Å². The summed E-state index contributed by atoms with van der Waals surface area (Å²) in [5, 5.41) is 9.78. The first-order valence-corrected chi connectivity index (χ1v) is 5.16.